The minimum atomic E-state index is -1.38. The number of fused-ring (bicyclic) bond motifs is 2. The lowest BCUT2D eigenvalue weighted by molar-refractivity contribution is -0.144. The van der Waals surface area contributed by atoms with Gasteiger partial charge in [0, 0.05) is 63.1 Å². The fraction of sp³-hybridized carbons (Fsp3) is 0.373. The molecule has 0 saturated carbocycles. The first kappa shape index (κ1) is 65.9. The fourth-order valence-electron chi connectivity index (χ4n) is 8.64. The van der Waals surface area contributed by atoms with Crippen LogP contribution >= 0.6 is 0 Å². The van der Waals surface area contributed by atoms with Gasteiger partial charge in [-0.1, -0.05) is 48.5 Å². The SMILES string of the molecule is O=C(O)CN(CCN(CC(=O)O)CC(=O)O)CCN(CC(=O)O)CC(=O)NNC(=O)c1cc(Cc2cc(C(=O)NNC(=O)CN(CCN(CCN(CC(=O)O)CC(=O)O)CC(=O)O)CC(=O)O)c(O)c3ccccc23)c2ccccc2c1O. The Morgan fingerprint density at radius 2 is 0.542 bits per heavy atom. The monoisotopic (exact) mass is 1170 g/mol. The highest BCUT2D eigenvalue weighted by molar-refractivity contribution is 6.07. The second kappa shape index (κ2) is 32.0. The van der Waals surface area contributed by atoms with Crippen molar-refractivity contribution in [1.29, 1.82) is 0 Å². The molecule has 0 fully saturated rings. The Hall–Kier alpha value is -9.60. The summed E-state index contributed by atoms with van der Waals surface area (Å²) in [7, 11) is 0. The number of carbonyl (C=O) groups is 12. The Labute approximate surface area is 470 Å². The number of hydrogen-bond donors (Lipinski definition) is 14. The predicted molar refractivity (Wildman–Crippen MR) is 285 cm³/mol. The Kier molecular flexibility index (Phi) is 25.4. The molecule has 0 saturated heterocycles. The molecular weight excluding hydrogens is 1100 g/mol. The van der Waals surface area contributed by atoms with E-state index in [4.69, 9.17) is 20.4 Å². The van der Waals surface area contributed by atoms with E-state index in [0.29, 0.717) is 21.9 Å². The lowest BCUT2D eigenvalue weighted by atomic mass is 9.91. The molecule has 4 rings (SSSR count). The summed E-state index contributed by atoms with van der Waals surface area (Å²) >= 11 is 0. The van der Waals surface area contributed by atoms with Crippen LogP contribution in [0.3, 0.4) is 0 Å². The average Bonchev–Trinajstić information content (AvgIpc) is 3.57. The predicted octanol–water partition coefficient (Wildman–Crippen LogP) is -2.99. The van der Waals surface area contributed by atoms with Crippen LogP contribution in [0.1, 0.15) is 31.8 Å². The number of amides is 4. The second-order valence-electron chi connectivity index (χ2n) is 18.7. The summed E-state index contributed by atoms with van der Waals surface area (Å²) < 4.78 is 0. The summed E-state index contributed by atoms with van der Waals surface area (Å²) in [6, 6.07) is 15.3. The first-order valence-corrected chi connectivity index (χ1v) is 24.9. The van der Waals surface area contributed by atoms with Crippen molar-refractivity contribution in [1.82, 2.24) is 51.1 Å². The zero-order valence-electron chi connectivity index (χ0n) is 44.3. The van der Waals surface area contributed by atoms with E-state index >= 15 is 0 Å². The van der Waals surface area contributed by atoms with E-state index in [1.807, 2.05) is 0 Å². The Morgan fingerprint density at radius 3 is 0.807 bits per heavy atom. The molecule has 4 amide bonds. The van der Waals surface area contributed by atoms with Gasteiger partial charge in [0.25, 0.3) is 23.6 Å². The third kappa shape index (κ3) is 22.5. The molecule has 0 aliphatic heterocycles. The van der Waals surface area contributed by atoms with E-state index in [2.05, 4.69) is 21.7 Å². The summed E-state index contributed by atoms with van der Waals surface area (Å²) in [5.74, 6) is -15.7. The third-order valence-electron chi connectivity index (χ3n) is 12.2. The van der Waals surface area contributed by atoms with Gasteiger partial charge in [-0.05, 0) is 40.5 Å². The molecule has 0 unspecified atom stereocenters. The third-order valence-corrected chi connectivity index (χ3v) is 12.2. The number of nitrogens with zero attached hydrogens (tertiary/aromatic N) is 6. The molecule has 14 N–H and O–H groups in total. The number of aliphatic carboxylic acids is 8. The number of hydrogen-bond acceptors (Lipinski definition) is 20. The molecular formula is C51H62N10O22. The fourth-order valence-corrected chi connectivity index (χ4v) is 8.64. The molecule has 32 nitrogen and oxygen atoms in total. The van der Waals surface area contributed by atoms with Crippen LogP contribution in [-0.4, -0.2) is 270 Å². The van der Waals surface area contributed by atoms with Crippen molar-refractivity contribution in [3.05, 3.63) is 82.9 Å². The molecule has 0 atom stereocenters. The van der Waals surface area contributed by atoms with Crippen LogP contribution in [-0.2, 0) is 54.4 Å². The number of hydrazine groups is 2. The molecule has 0 bridgehead atoms. The van der Waals surface area contributed by atoms with E-state index in [9.17, 15) is 88.2 Å². The van der Waals surface area contributed by atoms with Gasteiger partial charge in [-0.3, -0.25) is 109 Å². The molecule has 32 heteroatoms. The first-order valence-electron chi connectivity index (χ1n) is 24.9. The minimum absolute atomic E-state index is 0.0960. The number of carboxylic acid groups (broad SMARTS) is 8. The highest BCUT2D eigenvalue weighted by Gasteiger charge is 2.25. The molecule has 448 valence electrons. The number of aromatic hydroxyl groups is 2. The van der Waals surface area contributed by atoms with Crippen molar-refractivity contribution < 1.29 is 109 Å². The summed E-state index contributed by atoms with van der Waals surface area (Å²) in [4.78, 5) is 153. The van der Waals surface area contributed by atoms with Crippen LogP contribution in [0.15, 0.2) is 60.7 Å². The van der Waals surface area contributed by atoms with Crippen LogP contribution in [0.4, 0.5) is 0 Å². The van der Waals surface area contributed by atoms with Gasteiger partial charge in [0.05, 0.1) is 76.6 Å². The molecule has 0 radical (unpaired) electrons. The summed E-state index contributed by atoms with van der Waals surface area (Å²) in [6.45, 7) is -8.24. The maximum absolute atomic E-state index is 13.8. The molecule has 0 aliphatic carbocycles. The zero-order valence-corrected chi connectivity index (χ0v) is 44.3. The van der Waals surface area contributed by atoms with Crippen LogP contribution in [0, 0.1) is 0 Å². The first-order chi connectivity index (χ1) is 39.2. The molecule has 0 heterocycles. The van der Waals surface area contributed by atoms with Crippen molar-refractivity contribution >= 4 is 92.9 Å². The lowest BCUT2D eigenvalue weighted by Crippen LogP contribution is -2.49. The zero-order chi connectivity index (χ0) is 61.5. The standard InChI is InChI=1S/C51H62N10O22/c62-38(20-58(24-42(68)69)13-9-56(22-40(64)65)11-15-60(26-44(72)73)27-45(74)75)52-54-50(82)36-18-30(32-5-1-3-7-34(32)48(36)80)17-31-19-37(49(81)35-8-4-2-6-33(31)35)51(83)55-53-39(63)21-59(25-43(70)71)14-10-57(23-41(66)67)12-16-61(28-46(76)77)29-47(78)79/h1-8,18-19,80-81H,9-17,20-29H2,(H,52,62)(H,53,63)(H,54,82)(H,55,83)(H,64,65)(H,66,67)(H,68,69)(H,70,71)(H,72,73)(H,74,75)(H,76,77)(H,78,79). The van der Waals surface area contributed by atoms with E-state index in [1.165, 1.54) is 34.1 Å². The minimum Gasteiger partial charge on any atom is -0.506 e. The maximum Gasteiger partial charge on any atom is 0.317 e. The maximum atomic E-state index is 13.8. The number of carboxylic acids is 8. The van der Waals surface area contributed by atoms with Gasteiger partial charge < -0.3 is 51.1 Å². The Morgan fingerprint density at radius 1 is 0.313 bits per heavy atom. The Bertz CT molecular complexity index is 2850. The highest BCUT2D eigenvalue weighted by atomic mass is 16.4. The molecule has 4 aromatic rings. The van der Waals surface area contributed by atoms with Crippen molar-refractivity contribution in [3.8, 4) is 11.5 Å². The van der Waals surface area contributed by atoms with Crippen LogP contribution in [0.5, 0.6) is 11.5 Å². The quantitative estimate of drug-likeness (QED) is 0.0202. The molecule has 0 aromatic heterocycles. The van der Waals surface area contributed by atoms with Crippen molar-refractivity contribution in [3.63, 3.8) is 0 Å². The molecule has 0 spiro atoms. The summed E-state index contributed by atoms with van der Waals surface area (Å²) in [5.41, 5.74) is 8.69. The van der Waals surface area contributed by atoms with Gasteiger partial charge in [0.2, 0.25) is 0 Å². The van der Waals surface area contributed by atoms with Crippen molar-refractivity contribution in [2.24, 2.45) is 0 Å². The lowest BCUT2D eigenvalue weighted by Gasteiger charge is -2.27. The highest BCUT2D eigenvalue weighted by Crippen LogP contribution is 2.37. The van der Waals surface area contributed by atoms with Crippen molar-refractivity contribution in [2.75, 3.05) is 118 Å². The normalized spacial score (nSPS) is 11.3. The van der Waals surface area contributed by atoms with Gasteiger partial charge in [0.1, 0.15) is 11.5 Å². The average molecular weight is 1170 g/mol. The van der Waals surface area contributed by atoms with E-state index in [-0.39, 0.29) is 80.7 Å². The van der Waals surface area contributed by atoms with Gasteiger partial charge in [-0.2, -0.15) is 0 Å². The molecule has 0 aliphatic rings. The number of phenolic OH excluding ortho intramolecular Hbond substituents is 2. The van der Waals surface area contributed by atoms with Crippen LogP contribution in [0.25, 0.3) is 21.5 Å². The topological polar surface area (TPSA) is 475 Å². The van der Waals surface area contributed by atoms with Crippen LogP contribution in [0.2, 0.25) is 0 Å². The Balaban J connectivity index is 1.51. The number of carbonyl (C=O) groups excluding carboxylic acids is 4. The number of phenols is 2. The van der Waals surface area contributed by atoms with Gasteiger partial charge in [0.15, 0.2) is 0 Å². The number of nitrogens with one attached hydrogen (secondary N) is 4. The largest absolute Gasteiger partial charge is 0.506 e. The summed E-state index contributed by atoms with van der Waals surface area (Å²) in [5, 5.41) is 98.7. The van der Waals surface area contributed by atoms with E-state index < -0.39 is 148 Å². The summed E-state index contributed by atoms with van der Waals surface area (Å²) in [6.07, 6.45) is -0.0960. The molecule has 4 aromatic carbocycles. The van der Waals surface area contributed by atoms with Crippen molar-refractivity contribution in [2.45, 2.75) is 6.42 Å². The van der Waals surface area contributed by atoms with Crippen LogP contribution < -0.4 is 21.7 Å². The number of benzene rings is 4. The van der Waals surface area contributed by atoms with Gasteiger partial charge >= 0.3 is 47.8 Å². The van der Waals surface area contributed by atoms with Gasteiger partial charge in [-0.15, -0.1) is 0 Å². The van der Waals surface area contributed by atoms with E-state index in [0.717, 1.165) is 19.6 Å². The smallest absolute Gasteiger partial charge is 0.317 e. The second-order valence-corrected chi connectivity index (χ2v) is 18.7. The molecule has 83 heavy (non-hydrogen) atoms. The van der Waals surface area contributed by atoms with Gasteiger partial charge in [-0.25, -0.2) is 0 Å². The van der Waals surface area contributed by atoms with E-state index in [1.54, 1.807) is 36.4 Å². The number of rotatable bonds is 36.